The summed E-state index contributed by atoms with van der Waals surface area (Å²) in [5.41, 5.74) is 1.17. The average molecular weight is 904 g/mol. The fraction of sp³-hybridized carbons (Fsp3) is 0.720. The number of hydrogen-bond donors (Lipinski definition) is 1. The minimum atomic E-state index is 0.253. The molecule has 16 nitrogen and oxygen atoms in total. The van der Waals surface area contributed by atoms with Gasteiger partial charge in [-0.3, -0.25) is 0 Å². The Balaban J connectivity index is 3.14. The molecule has 0 aliphatic carbocycles. The topological polar surface area (TPSA) is 233 Å². The molecule has 0 saturated carbocycles. The predicted molar refractivity (Wildman–Crippen MR) is 256 cm³/mol. The number of aromatic hydroxyl groups is 1. The smallest absolute Gasteiger partial charge is 0.115 e. The normalized spacial score (nSPS) is 11.1. The van der Waals surface area contributed by atoms with Crippen molar-refractivity contribution in [1.82, 2.24) is 34.3 Å². The van der Waals surface area contributed by atoms with Gasteiger partial charge in [0.05, 0.1) is 48.6 Å². The predicted octanol–water partition coefficient (Wildman–Crippen LogP) is 5.70. The van der Waals surface area contributed by atoms with Gasteiger partial charge < -0.3 is 39.4 Å². The molecule has 1 aromatic rings. The molecule has 358 valence electrons. The van der Waals surface area contributed by atoms with Crippen LogP contribution in [0.15, 0.2) is 24.3 Å². The molecule has 1 N–H and O–H groups in total. The molecule has 0 saturated heterocycles. The number of rotatable bonds is 43. The Bertz CT molecular complexity index is 1450. The average Bonchev–Trinajstić information content (AvgIpc) is 3.33. The number of nitriles is 8. The number of hydrogen-bond acceptors (Lipinski definition) is 16. The van der Waals surface area contributed by atoms with Gasteiger partial charge >= 0.3 is 0 Å². The summed E-state index contributed by atoms with van der Waals surface area (Å²) in [5.74, 6) is 0.253. The summed E-state index contributed by atoms with van der Waals surface area (Å²) >= 11 is 0. The van der Waals surface area contributed by atoms with Gasteiger partial charge in [-0.15, -0.1) is 0 Å². The highest BCUT2D eigenvalue weighted by Crippen LogP contribution is 2.12. The molecule has 1 aromatic carbocycles. The summed E-state index contributed by atoms with van der Waals surface area (Å²) in [6, 6.07) is 25.3. The van der Waals surface area contributed by atoms with Gasteiger partial charge in [0.2, 0.25) is 0 Å². The molecular formula is C50H77N15O. The fourth-order valence-electron chi connectivity index (χ4n) is 8.07. The number of phenolic OH excluding ortho intramolecular Hbond substituents is 1. The molecule has 0 fully saturated rings. The molecule has 0 atom stereocenters. The first-order chi connectivity index (χ1) is 32.3. The van der Waals surface area contributed by atoms with Gasteiger partial charge in [0.15, 0.2) is 0 Å². The molecule has 0 aromatic heterocycles. The maximum atomic E-state index is 9.91. The van der Waals surface area contributed by atoms with Gasteiger partial charge in [0, 0.05) is 110 Å². The second-order valence-electron chi connectivity index (χ2n) is 16.7. The molecule has 0 radical (unpaired) electrons. The first-order valence-corrected chi connectivity index (χ1v) is 24.2. The highest BCUT2D eigenvalue weighted by atomic mass is 16.3. The van der Waals surface area contributed by atoms with Crippen molar-refractivity contribution in [1.29, 1.82) is 42.1 Å². The molecule has 0 heterocycles. The van der Waals surface area contributed by atoms with E-state index in [4.69, 9.17) is 0 Å². The van der Waals surface area contributed by atoms with Gasteiger partial charge in [-0.1, -0.05) is 12.1 Å². The minimum Gasteiger partial charge on any atom is -0.508 e. The Morgan fingerprint density at radius 2 is 0.455 bits per heavy atom. The van der Waals surface area contributed by atoms with Crippen molar-refractivity contribution >= 4 is 0 Å². The van der Waals surface area contributed by atoms with E-state index in [9.17, 15) is 47.2 Å². The number of phenols is 1. The van der Waals surface area contributed by atoms with E-state index >= 15 is 0 Å². The Labute approximate surface area is 398 Å². The van der Waals surface area contributed by atoms with E-state index in [-0.39, 0.29) is 5.75 Å². The summed E-state index contributed by atoms with van der Waals surface area (Å²) in [4.78, 5) is 16.4. The van der Waals surface area contributed by atoms with Gasteiger partial charge in [0.1, 0.15) is 5.75 Å². The van der Waals surface area contributed by atoms with Crippen molar-refractivity contribution < 1.29 is 5.11 Å². The highest BCUT2D eigenvalue weighted by molar-refractivity contribution is 5.26. The van der Waals surface area contributed by atoms with Gasteiger partial charge in [-0.25, -0.2) is 0 Å². The van der Waals surface area contributed by atoms with Crippen LogP contribution in [0.25, 0.3) is 0 Å². The summed E-state index contributed by atoms with van der Waals surface area (Å²) in [7, 11) is 0. The van der Waals surface area contributed by atoms with Crippen LogP contribution in [0.1, 0.15) is 95.5 Å². The molecule has 1 rings (SSSR count). The van der Waals surface area contributed by atoms with Gasteiger partial charge in [-0.2, -0.15) is 42.1 Å². The molecule has 0 amide bonds. The quantitative estimate of drug-likeness (QED) is 0.0828. The third-order valence-corrected chi connectivity index (χ3v) is 11.7. The lowest BCUT2D eigenvalue weighted by Gasteiger charge is -2.29. The first-order valence-electron chi connectivity index (χ1n) is 24.2. The number of benzene rings is 1. The highest BCUT2D eigenvalue weighted by Gasteiger charge is 2.15. The molecule has 0 aliphatic rings. The first kappa shape index (κ1) is 58.7. The maximum absolute atomic E-state index is 9.91. The van der Waals surface area contributed by atoms with E-state index in [1.807, 2.05) is 12.1 Å². The molecule has 0 unspecified atom stereocenters. The van der Waals surface area contributed by atoms with E-state index in [2.05, 4.69) is 82.9 Å². The van der Waals surface area contributed by atoms with Crippen molar-refractivity contribution in [3.05, 3.63) is 29.8 Å². The molecule has 16 heteroatoms. The van der Waals surface area contributed by atoms with Crippen LogP contribution in [-0.4, -0.2) is 177 Å². The van der Waals surface area contributed by atoms with Crippen LogP contribution < -0.4 is 0 Å². The number of nitrogens with zero attached hydrogens (tertiary/aromatic N) is 15. The second-order valence-corrected chi connectivity index (χ2v) is 16.7. The SMILES string of the molecule is N#CCCN(CCC#N)CCCN(CCCN(CCC#N)CCC#N)CCCN(CCCN(CCCN(CCC#N)CCC#N)CCCN(CCC#N)CCC#N)CCc1ccc(O)cc1. The van der Waals surface area contributed by atoms with Gasteiger partial charge in [-0.05, 0) is 141 Å². The summed E-state index contributed by atoms with van der Waals surface area (Å²) in [6.07, 6.45) is 9.98. The van der Waals surface area contributed by atoms with E-state index in [1.54, 1.807) is 12.1 Å². The van der Waals surface area contributed by atoms with E-state index in [0.717, 1.165) is 130 Å². The third kappa shape index (κ3) is 32.3. The molecule has 66 heavy (non-hydrogen) atoms. The van der Waals surface area contributed by atoms with Crippen LogP contribution >= 0.6 is 0 Å². The zero-order valence-corrected chi connectivity index (χ0v) is 39.9. The zero-order valence-electron chi connectivity index (χ0n) is 39.9. The summed E-state index contributed by atoms with van der Waals surface area (Å²) < 4.78 is 0. The van der Waals surface area contributed by atoms with Crippen molar-refractivity contribution in [2.24, 2.45) is 0 Å². The zero-order chi connectivity index (χ0) is 48.1. The van der Waals surface area contributed by atoms with E-state index in [1.165, 1.54) is 5.56 Å². The van der Waals surface area contributed by atoms with Gasteiger partial charge in [0.25, 0.3) is 0 Å². The van der Waals surface area contributed by atoms with Crippen LogP contribution in [0.2, 0.25) is 0 Å². The summed E-state index contributed by atoms with van der Waals surface area (Å²) in [5, 5.41) is 83.5. The van der Waals surface area contributed by atoms with Crippen LogP contribution in [0.5, 0.6) is 5.75 Å². The molecular weight excluding hydrogens is 827 g/mol. The Hall–Kier alpha value is -5.34. The molecule has 0 bridgehead atoms. The lowest BCUT2D eigenvalue weighted by atomic mass is 10.1. The molecule has 0 spiro atoms. The third-order valence-electron chi connectivity index (χ3n) is 11.7. The fourth-order valence-corrected chi connectivity index (χ4v) is 8.07. The largest absolute Gasteiger partial charge is 0.508 e. The maximum Gasteiger partial charge on any atom is 0.115 e. The standard InChI is InChI=1S/C50H77N15O/c51-20-1-28-59(29-2-21-52)36-9-40-63(41-10-37-60(30-3-22-53)31-4-23-54)44-13-46-65(48-19-49-15-17-50(66)18-16-49)47-14-45-64(42-11-38-61(32-5-24-55)33-6-25-56)43-12-39-62(34-7-26-57)35-8-27-58/h15-18,66H,1-14,19,28-48H2. The second kappa shape index (κ2) is 42.3. The Kier molecular flexibility index (Phi) is 37.6. The van der Waals surface area contributed by atoms with Crippen LogP contribution in [0, 0.1) is 90.6 Å². The Morgan fingerprint density at radius 3 is 0.652 bits per heavy atom. The van der Waals surface area contributed by atoms with Crippen LogP contribution in [0.3, 0.4) is 0 Å². The van der Waals surface area contributed by atoms with E-state index < -0.39 is 0 Å². The van der Waals surface area contributed by atoms with E-state index in [0.29, 0.717) is 104 Å². The van der Waals surface area contributed by atoms with Crippen molar-refractivity contribution in [3.8, 4) is 54.3 Å². The van der Waals surface area contributed by atoms with Crippen molar-refractivity contribution in [3.63, 3.8) is 0 Å². The molecule has 0 aliphatic heterocycles. The lowest BCUT2D eigenvalue weighted by Crippen LogP contribution is -2.37. The lowest BCUT2D eigenvalue weighted by molar-refractivity contribution is 0.185. The Morgan fingerprint density at radius 1 is 0.273 bits per heavy atom. The summed E-state index contributed by atoms with van der Waals surface area (Å²) in [6.45, 7) is 16.7. The monoisotopic (exact) mass is 904 g/mol. The van der Waals surface area contributed by atoms with Crippen LogP contribution in [-0.2, 0) is 6.42 Å². The van der Waals surface area contributed by atoms with Crippen molar-refractivity contribution in [2.75, 3.05) is 137 Å². The van der Waals surface area contributed by atoms with Crippen molar-refractivity contribution in [2.45, 2.75) is 96.3 Å². The minimum absolute atomic E-state index is 0.253. The van der Waals surface area contributed by atoms with Crippen LogP contribution in [0.4, 0.5) is 0 Å².